The number of H-pyrrole nitrogens is 2. The van der Waals surface area contributed by atoms with E-state index in [0.29, 0.717) is 4.77 Å². The molecule has 76 valence electrons. The van der Waals surface area contributed by atoms with Gasteiger partial charge >= 0.3 is 0 Å². The number of hydrogen-bond donors (Lipinski definition) is 2. The Bertz CT molecular complexity index is 386. The van der Waals surface area contributed by atoms with Gasteiger partial charge in [0.05, 0.1) is 0 Å². The molecule has 1 aromatic rings. The van der Waals surface area contributed by atoms with Gasteiger partial charge < -0.3 is 4.98 Å². The highest BCUT2D eigenvalue weighted by atomic mass is 32.1. The number of nitrogens with one attached hydrogen (secondary N) is 2. The molecule has 2 N–H and O–H groups in total. The van der Waals surface area contributed by atoms with E-state index in [1.165, 1.54) is 25.7 Å². The lowest BCUT2D eigenvalue weighted by Crippen LogP contribution is -2.10. The van der Waals surface area contributed by atoms with Crippen molar-refractivity contribution in [1.29, 1.82) is 0 Å². The van der Waals surface area contributed by atoms with Crippen LogP contribution in [0.3, 0.4) is 0 Å². The van der Waals surface area contributed by atoms with Crippen LogP contribution in [0, 0.1) is 10.7 Å². The van der Waals surface area contributed by atoms with Crippen molar-refractivity contribution in [2.75, 3.05) is 0 Å². The summed E-state index contributed by atoms with van der Waals surface area (Å²) >= 11 is 4.92. The van der Waals surface area contributed by atoms with Crippen LogP contribution in [0.15, 0.2) is 10.9 Å². The van der Waals surface area contributed by atoms with Crippen LogP contribution in [0.1, 0.15) is 31.4 Å². The second kappa shape index (κ2) is 4.09. The smallest absolute Gasteiger partial charge is 0.251 e. The van der Waals surface area contributed by atoms with Gasteiger partial charge in [0.15, 0.2) is 4.77 Å². The zero-order chi connectivity index (χ0) is 9.97. The van der Waals surface area contributed by atoms with Gasteiger partial charge in [0, 0.05) is 11.8 Å². The van der Waals surface area contributed by atoms with Crippen molar-refractivity contribution < 1.29 is 0 Å². The molecular weight excluding hydrogens is 196 g/mol. The van der Waals surface area contributed by atoms with E-state index in [4.69, 9.17) is 12.2 Å². The van der Waals surface area contributed by atoms with Crippen LogP contribution in [0.4, 0.5) is 0 Å². The molecule has 1 aliphatic carbocycles. The lowest BCUT2D eigenvalue weighted by atomic mass is 10.0. The fraction of sp³-hybridized carbons (Fsp3) is 0.600. The summed E-state index contributed by atoms with van der Waals surface area (Å²) in [6.45, 7) is 0. The molecule has 0 aromatic carbocycles. The number of aromatic nitrogens is 2. The van der Waals surface area contributed by atoms with E-state index in [-0.39, 0.29) is 5.56 Å². The van der Waals surface area contributed by atoms with Crippen molar-refractivity contribution in [2.24, 2.45) is 5.92 Å². The van der Waals surface area contributed by atoms with Gasteiger partial charge in [0.1, 0.15) is 0 Å². The second-order valence-electron chi connectivity index (χ2n) is 3.97. The van der Waals surface area contributed by atoms with Crippen LogP contribution in [0.25, 0.3) is 0 Å². The van der Waals surface area contributed by atoms with E-state index in [9.17, 15) is 4.79 Å². The Kier molecular flexibility index (Phi) is 2.82. The molecule has 1 aliphatic rings. The van der Waals surface area contributed by atoms with Crippen molar-refractivity contribution in [1.82, 2.24) is 9.97 Å². The maximum Gasteiger partial charge on any atom is 0.251 e. The molecule has 4 heteroatoms. The van der Waals surface area contributed by atoms with E-state index in [2.05, 4.69) is 9.97 Å². The van der Waals surface area contributed by atoms with Gasteiger partial charge in [0.2, 0.25) is 0 Å². The lowest BCUT2D eigenvalue weighted by molar-refractivity contribution is 0.537. The fourth-order valence-electron chi connectivity index (χ4n) is 2.15. The Labute approximate surface area is 87.6 Å². The summed E-state index contributed by atoms with van der Waals surface area (Å²) < 4.78 is 0.436. The van der Waals surface area contributed by atoms with Gasteiger partial charge in [-0.25, -0.2) is 0 Å². The average Bonchev–Trinajstić information content (AvgIpc) is 2.54. The van der Waals surface area contributed by atoms with Gasteiger partial charge in [-0.3, -0.25) is 9.78 Å². The summed E-state index contributed by atoms with van der Waals surface area (Å²) in [7, 11) is 0. The zero-order valence-electron chi connectivity index (χ0n) is 8.01. The minimum Gasteiger partial charge on any atom is -0.336 e. The van der Waals surface area contributed by atoms with Gasteiger partial charge in [-0.2, -0.15) is 0 Å². The number of aromatic amines is 2. The summed E-state index contributed by atoms with van der Waals surface area (Å²) in [6, 6.07) is 1.62. The van der Waals surface area contributed by atoms with Gasteiger partial charge in [-0.15, -0.1) is 0 Å². The molecule has 1 heterocycles. The predicted molar refractivity (Wildman–Crippen MR) is 57.9 cm³/mol. The Balaban J connectivity index is 2.15. The monoisotopic (exact) mass is 210 g/mol. The van der Waals surface area contributed by atoms with Crippen molar-refractivity contribution >= 4 is 12.2 Å². The number of hydrogen-bond acceptors (Lipinski definition) is 2. The molecule has 0 amide bonds. The third kappa shape index (κ3) is 2.32. The molecule has 14 heavy (non-hydrogen) atoms. The minimum atomic E-state index is -0.0956. The average molecular weight is 210 g/mol. The summed E-state index contributed by atoms with van der Waals surface area (Å²) in [5.41, 5.74) is 0.882. The van der Waals surface area contributed by atoms with Gasteiger partial charge in [-0.1, -0.05) is 25.7 Å². The molecule has 0 spiro atoms. The first-order chi connectivity index (χ1) is 6.74. The second-order valence-corrected chi connectivity index (χ2v) is 4.38. The summed E-state index contributed by atoms with van der Waals surface area (Å²) in [5.74, 6) is 0.738. The van der Waals surface area contributed by atoms with E-state index in [0.717, 1.165) is 18.0 Å². The molecule has 0 saturated heterocycles. The molecule has 1 fully saturated rings. The Morgan fingerprint density at radius 1 is 1.36 bits per heavy atom. The van der Waals surface area contributed by atoms with Crippen LogP contribution < -0.4 is 5.56 Å². The third-order valence-corrected chi connectivity index (χ3v) is 3.00. The predicted octanol–water partition coefficient (Wildman–Crippen LogP) is 2.17. The molecule has 0 aliphatic heterocycles. The zero-order valence-corrected chi connectivity index (χ0v) is 8.82. The molecule has 0 unspecified atom stereocenters. The molecule has 0 bridgehead atoms. The standard InChI is InChI=1S/C10H14N2OS/c13-9-6-8(11-10(14)12-9)5-7-3-1-2-4-7/h6-7H,1-5H2,(H2,11,12,13,14). The molecule has 1 saturated carbocycles. The van der Waals surface area contributed by atoms with Crippen molar-refractivity contribution in [3.05, 3.63) is 26.9 Å². The van der Waals surface area contributed by atoms with Gasteiger partial charge in [0.25, 0.3) is 5.56 Å². The lowest BCUT2D eigenvalue weighted by Gasteiger charge is -2.07. The molecule has 3 nitrogen and oxygen atoms in total. The minimum absolute atomic E-state index is 0.0956. The first-order valence-electron chi connectivity index (χ1n) is 5.06. The van der Waals surface area contributed by atoms with Crippen LogP contribution in [-0.4, -0.2) is 9.97 Å². The summed E-state index contributed by atoms with van der Waals surface area (Å²) in [6.07, 6.45) is 6.19. The maximum atomic E-state index is 11.1. The number of rotatable bonds is 2. The fourth-order valence-corrected chi connectivity index (χ4v) is 2.39. The Morgan fingerprint density at radius 2 is 2.07 bits per heavy atom. The topological polar surface area (TPSA) is 48.6 Å². The third-order valence-electron chi connectivity index (χ3n) is 2.80. The van der Waals surface area contributed by atoms with Crippen LogP contribution in [0.2, 0.25) is 0 Å². The van der Waals surface area contributed by atoms with E-state index in [1.807, 2.05) is 0 Å². The maximum absolute atomic E-state index is 11.1. The molecular formula is C10H14N2OS. The largest absolute Gasteiger partial charge is 0.336 e. The van der Waals surface area contributed by atoms with E-state index < -0.39 is 0 Å². The summed E-state index contributed by atoms with van der Waals surface area (Å²) in [4.78, 5) is 16.7. The van der Waals surface area contributed by atoms with Gasteiger partial charge in [-0.05, 0) is 24.6 Å². The van der Waals surface area contributed by atoms with Crippen molar-refractivity contribution in [2.45, 2.75) is 32.1 Å². The van der Waals surface area contributed by atoms with Crippen LogP contribution >= 0.6 is 12.2 Å². The van der Waals surface area contributed by atoms with Crippen molar-refractivity contribution in [3.8, 4) is 0 Å². The van der Waals surface area contributed by atoms with Crippen LogP contribution in [0.5, 0.6) is 0 Å². The Morgan fingerprint density at radius 3 is 2.71 bits per heavy atom. The molecule has 0 atom stereocenters. The highest BCUT2D eigenvalue weighted by Crippen LogP contribution is 2.26. The Hall–Kier alpha value is -0.900. The van der Waals surface area contributed by atoms with E-state index in [1.54, 1.807) is 6.07 Å². The molecule has 0 radical (unpaired) electrons. The first-order valence-corrected chi connectivity index (χ1v) is 5.47. The SMILES string of the molecule is O=c1cc(CC2CCCC2)[nH]c(=S)[nH]1. The van der Waals surface area contributed by atoms with Crippen molar-refractivity contribution in [3.63, 3.8) is 0 Å². The highest BCUT2D eigenvalue weighted by Gasteiger charge is 2.15. The molecule has 1 aromatic heterocycles. The van der Waals surface area contributed by atoms with E-state index >= 15 is 0 Å². The quantitative estimate of drug-likeness (QED) is 0.735. The normalized spacial score (nSPS) is 17.4. The first kappa shape index (κ1) is 9.65. The highest BCUT2D eigenvalue weighted by molar-refractivity contribution is 7.71. The molecule has 2 rings (SSSR count). The van der Waals surface area contributed by atoms with Crippen LogP contribution in [-0.2, 0) is 6.42 Å². The summed E-state index contributed by atoms with van der Waals surface area (Å²) in [5, 5.41) is 0.